The molecule has 1 aliphatic carbocycles. The van der Waals surface area contributed by atoms with Crippen molar-refractivity contribution in [3.63, 3.8) is 0 Å². The molecule has 0 saturated heterocycles. The minimum Gasteiger partial charge on any atom is -0.309 e. The summed E-state index contributed by atoms with van der Waals surface area (Å²) in [5, 5.41) is 3.63. The van der Waals surface area contributed by atoms with E-state index in [0.717, 1.165) is 10.9 Å². The van der Waals surface area contributed by atoms with Crippen LogP contribution in [-0.4, -0.2) is 6.54 Å². The van der Waals surface area contributed by atoms with Gasteiger partial charge in [-0.15, -0.1) is 11.3 Å². The molecule has 19 heavy (non-hydrogen) atoms. The molecule has 3 rings (SSSR count). The van der Waals surface area contributed by atoms with E-state index >= 15 is 0 Å². The van der Waals surface area contributed by atoms with E-state index in [-0.39, 0.29) is 0 Å². The second-order valence-corrected chi connectivity index (χ2v) is 6.84. The third-order valence-corrected chi connectivity index (χ3v) is 5.54. The fourth-order valence-corrected chi connectivity index (χ4v) is 4.25. The van der Waals surface area contributed by atoms with Gasteiger partial charge in [0.1, 0.15) is 0 Å². The van der Waals surface area contributed by atoms with Gasteiger partial charge in [-0.25, -0.2) is 0 Å². The van der Waals surface area contributed by atoms with Crippen LogP contribution in [0.25, 0.3) is 0 Å². The molecular weight excluding hydrogens is 274 g/mol. The lowest BCUT2D eigenvalue weighted by Gasteiger charge is -2.36. The molecule has 1 aromatic carbocycles. The van der Waals surface area contributed by atoms with Crippen molar-refractivity contribution in [3.05, 3.63) is 56.2 Å². The molecule has 0 amide bonds. The standard InChI is InChI=1S/C16H18ClNS/c1-3-18-15(14-8-10(2)16(17)19-14)13-9-11-6-4-5-7-12(11)13/h4-8,13,15,18H,3,9H2,1-2H3. The van der Waals surface area contributed by atoms with Crippen molar-refractivity contribution in [1.29, 1.82) is 0 Å². The molecule has 1 N–H and O–H groups in total. The number of benzene rings is 1. The largest absolute Gasteiger partial charge is 0.309 e. The van der Waals surface area contributed by atoms with Gasteiger partial charge in [0.05, 0.1) is 4.34 Å². The highest BCUT2D eigenvalue weighted by molar-refractivity contribution is 7.16. The predicted octanol–water partition coefficient (Wildman–Crippen LogP) is 4.70. The van der Waals surface area contributed by atoms with E-state index in [1.54, 1.807) is 11.3 Å². The Labute approximate surface area is 123 Å². The third kappa shape index (κ3) is 2.33. The number of rotatable bonds is 4. The Kier molecular flexibility index (Phi) is 3.66. The molecule has 0 aliphatic heterocycles. The number of likely N-dealkylation sites (N-methyl/N-ethyl adjacent to an activating group) is 1. The zero-order chi connectivity index (χ0) is 13.4. The van der Waals surface area contributed by atoms with Crippen LogP contribution in [0.5, 0.6) is 0 Å². The van der Waals surface area contributed by atoms with Gasteiger partial charge in [-0.3, -0.25) is 0 Å². The van der Waals surface area contributed by atoms with Crippen LogP contribution in [0, 0.1) is 6.92 Å². The molecule has 0 spiro atoms. The van der Waals surface area contributed by atoms with Gasteiger partial charge in [0, 0.05) is 16.8 Å². The maximum atomic E-state index is 6.23. The maximum Gasteiger partial charge on any atom is 0.0960 e. The number of thiophene rings is 1. The van der Waals surface area contributed by atoms with Gasteiger partial charge in [0.15, 0.2) is 0 Å². The van der Waals surface area contributed by atoms with Crippen molar-refractivity contribution in [2.24, 2.45) is 0 Å². The molecule has 1 aromatic heterocycles. The fraction of sp³-hybridized carbons (Fsp3) is 0.375. The van der Waals surface area contributed by atoms with Crippen LogP contribution in [0.1, 0.15) is 40.5 Å². The number of hydrogen-bond donors (Lipinski definition) is 1. The third-order valence-electron chi connectivity index (χ3n) is 3.90. The Balaban J connectivity index is 1.91. The highest BCUT2D eigenvalue weighted by Gasteiger charge is 2.34. The Hall–Kier alpha value is -0.830. The van der Waals surface area contributed by atoms with Crippen molar-refractivity contribution in [2.45, 2.75) is 32.2 Å². The van der Waals surface area contributed by atoms with Crippen molar-refractivity contribution in [2.75, 3.05) is 6.54 Å². The number of hydrogen-bond acceptors (Lipinski definition) is 2. The van der Waals surface area contributed by atoms with E-state index in [2.05, 4.69) is 49.5 Å². The van der Waals surface area contributed by atoms with E-state index in [1.807, 2.05) is 0 Å². The first-order chi connectivity index (χ1) is 9.20. The van der Waals surface area contributed by atoms with Gasteiger partial charge in [0.2, 0.25) is 0 Å². The molecular formula is C16H18ClNS. The van der Waals surface area contributed by atoms with Crippen LogP contribution in [0.4, 0.5) is 0 Å². The van der Waals surface area contributed by atoms with Crippen LogP contribution in [0.15, 0.2) is 30.3 Å². The van der Waals surface area contributed by atoms with Crippen LogP contribution in [0.2, 0.25) is 4.34 Å². The lowest BCUT2D eigenvalue weighted by molar-refractivity contribution is 0.425. The normalized spacial score (nSPS) is 18.8. The summed E-state index contributed by atoms with van der Waals surface area (Å²) >= 11 is 7.95. The molecule has 1 aliphatic rings. The second-order valence-electron chi connectivity index (χ2n) is 5.15. The van der Waals surface area contributed by atoms with Gasteiger partial charge in [-0.1, -0.05) is 42.8 Å². The van der Waals surface area contributed by atoms with Crippen LogP contribution in [0.3, 0.4) is 0 Å². The maximum absolute atomic E-state index is 6.23. The second kappa shape index (κ2) is 5.28. The van der Waals surface area contributed by atoms with Crippen LogP contribution in [-0.2, 0) is 6.42 Å². The first kappa shape index (κ1) is 13.2. The number of fused-ring (bicyclic) bond motifs is 1. The van der Waals surface area contributed by atoms with Gasteiger partial charge in [-0.05, 0) is 42.6 Å². The zero-order valence-corrected chi connectivity index (χ0v) is 12.8. The molecule has 2 unspecified atom stereocenters. The van der Waals surface area contributed by atoms with E-state index < -0.39 is 0 Å². The van der Waals surface area contributed by atoms with Crippen LogP contribution < -0.4 is 5.32 Å². The topological polar surface area (TPSA) is 12.0 Å². The zero-order valence-electron chi connectivity index (χ0n) is 11.2. The summed E-state index contributed by atoms with van der Waals surface area (Å²) < 4.78 is 0.922. The van der Waals surface area contributed by atoms with Crippen molar-refractivity contribution in [1.82, 2.24) is 5.32 Å². The molecule has 1 heterocycles. The Morgan fingerprint density at radius 2 is 2.21 bits per heavy atom. The molecule has 3 heteroatoms. The SMILES string of the molecule is CCNC(c1cc(C)c(Cl)s1)C1Cc2ccccc21. The summed E-state index contributed by atoms with van der Waals surface area (Å²) in [5.74, 6) is 0.588. The lowest BCUT2D eigenvalue weighted by Crippen LogP contribution is -2.32. The monoisotopic (exact) mass is 291 g/mol. The first-order valence-electron chi connectivity index (χ1n) is 6.77. The Morgan fingerprint density at radius 1 is 1.42 bits per heavy atom. The van der Waals surface area contributed by atoms with Gasteiger partial charge in [0.25, 0.3) is 0 Å². The fourth-order valence-electron chi connectivity index (χ4n) is 2.89. The lowest BCUT2D eigenvalue weighted by atomic mass is 9.73. The molecule has 0 fully saturated rings. The minimum atomic E-state index is 0.399. The van der Waals surface area contributed by atoms with Crippen molar-refractivity contribution >= 4 is 22.9 Å². The molecule has 2 atom stereocenters. The summed E-state index contributed by atoms with van der Waals surface area (Å²) in [7, 11) is 0. The summed E-state index contributed by atoms with van der Waals surface area (Å²) in [6.07, 6.45) is 1.17. The average molecular weight is 292 g/mol. The summed E-state index contributed by atoms with van der Waals surface area (Å²) in [5.41, 5.74) is 4.18. The number of aryl methyl sites for hydroxylation is 1. The highest BCUT2D eigenvalue weighted by Crippen LogP contribution is 2.45. The minimum absolute atomic E-state index is 0.399. The Morgan fingerprint density at radius 3 is 2.84 bits per heavy atom. The number of nitrogens with one attached hydrogen (secondary N) is 1. The van der Waals surface area contributed by atoms with Crippen molar-refractivity contribution < 1.29 is 0 Å². The summed E-state index contributed by atoms with van der Waals surface area (Å²) in [6.45, 7) is 5.23. The van der Waals surface area contributed by atoms with E-state index in [9.17, 15) is 0 Å². The smallest absolute Gasteiger partial charge is 0.0960 e. The average Bonchev–Trinajstić information content (AvgIpc) is 2.70. The van der Waals surface area contributed by atoms with E-state index in [1.165, 1.54) is 28.0 Å². The van der Waals surface area contributed by atoms with E-state index in [0.29, 0.717) is 12.0 Å². The van der Waals surface area contributed by atoms with Crippen molar-refractivity contribution in [3.8, 4) is 0 Å². The summed E-state index contributed by atoms with van der Waals surface area (Å²) in [6, 6.07) is 11.4. The highest BCUT2D eigenvalue weighted by atomic mass is 35.5. The first-order valence-corrected chi connectivity index (χ1v) is 7.97. The molecule has 0 bridgehead atoms. The summed E-state index contributed by atoms with van der Waals surface area (Å²) in [4.78, 5) is 1.36. The molecule has 1 nitrogen and oxygen atoms in total. The quantitative estimate of drug-likeness (QED) is 0.861. The Bertz CT molecular complexity index is 571. The molecule has 0 radical (unpaired) electrons. The predicted molar refractivity (Wildman–Crippen MR) is 83.4 cm³/mol. The van der Waals surface area contributed by atoms with Gasteiger partial charge >= 0.3 is 0 Å². The van der Waals surface area contributed by atoms with E-state index in [4.69, 9.17) is 11.6 Å². The van der Waals surface area contributed by atoms with Gasteiger partial charge in [-0.2, -0.15) is 0 Å². The molecule has 2 aromatic rings. The molecule has 0 saturated carbocycles. The van der Waals surface area contributed by atoms with Gasteiger partial charge < -0.3 is 5.32 Å². The number of halogens is 1. The van der Waals surface area contributed by atoms with Crippen LogP contribution >= 0.6 is 22.9 Å². The molecule has 100 valence electrons.